The van der Waals surface area contributed by atoms with Crippen LogP contribution in [0.4, 0.5) is 0 Å². The number of aromatic nitrogens is 1. The van der Waals surface area contributed by atoms with Crippen molar-refractivity contribution in [2.45, 2.75) is 0 Å². The predicted octanol–water partition coefficient (Wildman–Crippen LogP) is 0.0919. The van der Waals surface area contributed by atoms with Gasteiger partial charge in [-0.05, 0) is 12.1 Å². The van der Waals surface area contributed by atoms with Crippen LogP contribution in [0.3, 0.4) is 0 Å². The fourth-order valence-corrected chi connectivity index (χ4v) is 1.92. The van der Waals surface area contributed by atoms with Gasteiger partial charge in [-0.2, -0.15) is 0 Å². The summed E-state index contributed by atoms with van der Waals surface area (Å²) in [6.07, 6.45) is 3.48. The minimum Gasteiger partial charge on any atom is -0.379 e. The Balaban J connectivity index is 1.57. The van der Waals surface area contributed by atoms with Crippen LogP contribution in [0.5, 0.6) is 0 Å². The van der Waals surface area contributed by atoms with E-state index in [2.05, 4.69) is 25.4 Å². The molecule has 1 fully saturated rings. The quantitative estimate of drug-likeness (QED) is 0.757. The van der Waals surface area contributed by atoms with Crippen molar-refractivity contribution in [3.05, 3.63) is 30.1 Å². The van der Waals surface area contributed by atoms with Gasteiger partial charge >= 0.3 is 0 Å². The topological polar surface area (TPSA) is 64.2 Å². The van der Waals surface area contributed by atoms with Crippen LogP contribution < -0.4 is 5.32 Å². The van der Waals surface area contributed by atoms with Gasteiger partial charge in [-0.3, -0.25) is 9.88 Å². The molecule has 1 saturated heterocycles. The van der Waals surface area contributed by atoms with E-state index in [1.54, 1.807) is 12.4 Å². The summed E-state index contributed by atoms with van der Waals surface area (Å²) in [4.78, 5) is 6.32. The van der Waals surface area contributed by atoms with Gasteiger partial charge in [0.1, 0.15) is 0 Å². The molecular weight excluding hydrogens is 230 g/mol. The zero-order chi connectivity index (χ0) is 12.2. The fourth-order valence-electron chi connectivity index (χ4n) is 1.92. The molecule has 0 saturated carbocycles. The molecule has 0 aliphatic carbocycles. The lowest BCUT2D eigenvalue weighted by atomic mass is 10.2. The summed E-state index contributed by atoms with van der Waals surface area (Å²) in [6, 6.07) is 3.80. The molecule has 0 bridgehead atoms. The first-order valence-corrected chi connectivity index (χ1v) is 5.98. The van der Waals surface area contributed by atoms with Crippen LogP contribution in [0, 0.1) is 0 Å². The average molecular weight is 244 g/mol. The lowest BCUT2D eigenvalue weighted by Gasteiger charge is -2.25. The summed E-state index contributed by atoms with van der Waals surface area (Å²) in [6.45, 7) is 4.15. The van der Waals surface area contributed by atoms with Crippen molar-refractivity contribution >= 4 is 11.7 Å². The lowest BCUT2D eigenvalue weighted by molar-refractivity contribution is 0.0451. The minimum absolute atomic E-state index is 0.645. The number of morpholine rings is 1. The molecule has 1 radical (unpaired) electrons. The molecule has 3 heterocycles. The third-order valence-electron chi connectivity index (χ3n) is 2.88. The number of hydrogen-bond acceptors (Lipinski definition) is 5. The molecule has 6 heteroatoms. The third kappa shape index (κ3) is 2.55. The van der Waals surface area contributed by atoms with E-state index in [0.29, 0.717) is 5.84 Å². The van der Waals surface area contributed by atoms with Crippen molar-refractivity contribution in [3.8, 4) is 0 Å². The van der Waals surface area contributed by atoms with E-state index >= 15 is 0 Å². The average Bonchev–Trinajstić information content (AvgIpc) is 2.89. The van der Waals surface area contributed by atoms with Gasteiger partial charge < -0.3 is 4.74 Å². The molecule has 0 atom stereocenters. The lowest BCUT2D eigenvalue weighted by Crippen LogP contribution is -2.41. The number of ether oxygens (including phenoxy) is 1. The van der Waals surface area contributed by atoms with Gasteiger partial charge in [0.25, 0.3) is 0 Å². The van der Waals surface area contributed by atoms with Crippen LogP contribution in [0.15, 0.2) is 34.7 Å². The van der Waals surface area contributed by atoms with Crippen molar-refractivity contribution in [2.24, 2.45) is 10.2 Å². The summed E-state index contributed by atoms with van der Waals surface area (Å²) >= 11 is 0. The Bertz CT molecular complexity index is 465. The Kier molecular flexibility index (Phi) is 3.29. The molecule has 6 nitrogen and oxygen atoms in total. The standard InChI is InChI=1S/C12H14N5O/c1-2-10(8-13-3-1)12-14-11(15-16-12)9-17-4-6-18-7-5-17/h1-3,8H,4-7,9H2. The van der Waals surface area contributed by atoms with Crippen LogP contribution in [-0.4, -0.2) is 54.4 Å². The Morgan fingerprint density at radius 3 is 2.89 bits per heavy atom. The van der Waals surface area contributed by atoms with Crippen LogP contribution in [0.2, 0.25) is 0 Å². The van der Waals surface area contributed by atoms with E-state index in [1.807, 2.05) is 12.1 Å². The van der Waals surface area contributed by atoms with Gasteiger partial charge in [-0.15, -0.1) is 10.2 Å². The Hall–Kier alpha value is -1.79. The molecule has 3 rings (SSSR count). The van der Waals surface area contributed by atoms with Gasteiger partial charge in [0.15, 0.2) is 11.7 Å². The molecule has 0 N–H and O–H groups in total. The molecule has 1 aromatic heterocycles. The molecule has 0 unspecified atom stereocenters. The third-order valence-corrected chi connectivity index (χ3v) is 2.88. The van der Waals surface area contributed by atoms with Crippen molar-refractivity contribution in [2.75, 3.05) is 32.8 Å². The first-order chi connectivity index (χ1) is 8.92. The van der Waals surface area contributed by atoms with Crippen molar-refractivity contribution in [3.63, 3.8) is 0 Å². The van der Waals surface area contributed by atoms with Crippen molar-refractivity contribution in [1.29, 1.82) is 0 Å². The maximum absolute atomic E-state index is 5.31. The number of pyridine rings is 1. The van der Waals surface area contributed by atoms with E-state index < -0.39 is 0 Å². The molecule has 0 amide bonds. The highest BCUT2D eigenvalue weighted by Crippen LogP contribution is 2.05. The van der Waals surface area contributed by atoms with E-state index in [4.69, 9.17) is 4.74 Å². The molecule has 1 aromatic rings. The van der Waals surface area contributed by atoms with Gasteiger partial charge in [0, 0.05) is 31.0 Å². The monoisotopic (exact) mass is 244 g/mol. The summed E-state index contributed by atoms with van der Waals surface area (Å²) in [7, 11) is 0. The molecule has 2 aliphatic heterocycles. The van der Waals surface area contributed by atoms with Gasteiger partial charge in [0.05, 0.1) is 19.8 Å². The second kappa shape index (κ2) is 5.24. The normalized spacial score (nSPS) is 20.2. The molecule has 93 valence electrons. The van der Waals surface area contributed by atoms with E-state index in [1.165, 1.54) is 0 Å². The van der Waals surface area contributed by atoms with Crippen LogP contribution >= 0.6 is 0 Å². The molecule has 18 heavy (non-hydrogen) atoms. The number of nitrogens with zero attached hydrogens (tertiary/aromatic N) is 5. The summed E-state index contributed by atoms with van der Waals surface area (Å²) in [5.74, 6) is 1.40. The zero-order valence-corrected chi connectivity index (χ0v) is 9.99. The van der Waals surface area contributed by atoms with Gasteiger partial charge in [-0.25, -0.2) is 5.32 Å². The van der Waals surface area contributed by atoms with E-state index in [9.17, 15) is 0 Å². The molecular formula is C12H14N5O. The number of rotatable bonds is 3. The Labute approximate surface area is 105 Å². The van der Waals surface area contributed by atoms with Crippen LogP contribution in [-0.2, 0) is 4.74 Å². The highest BCUT2D eigenvalue weighted by molar-refractivity contribution is 6.11. The fraction of sp³-hybridized carbons (Fsp3) is 0.417. The second-order valence-corrected chi connectivity index (χ2v) is 4.18. The van der Waals surface area contributed by atoms with Crippen LogP contribution in [0.25, 0.3) is 0 Å². The predicted molar refractivity (Wildman–Crippen MR) is 67.6 cm³/mol. The number of hydrogen-bond donors (Lipinski definition) is 0. The summed E-state index contributed by atoms with van der Waals surface area (Å²) in [5.41, 5.74) is 0.901. The molecule has 0 spiro atoms. The number of amidine groups is 2. The largest absolute Gasteiger partial charge is 0.379 e. The minimum atomic E-state index is 0.645. The highest BCUT2D eigenvalue weighted by Gasteiger charge is 2.19. The van der Waals surface area contributed by atoms with E-state index in [-0.39, 0.29) is 0 Å². The molecule has 2 aliphatic rings. The van der Waals surface area contributed by atoms with Crippen LogP contribution in [0.1, 0.15) is 5.56 Å². The van der Waals surface area contributed by atoms with Gasteiger partial charge in [-0.1, -0.05) is 0 Å². The maximum atomic E-state index is 5.31. The Morgan fingerprint density at radius 1 is 1.22 bits per heavy atom. The molecule has 0 aromatic carbocycles. The second-order valence-electron chi connectivity index (χ2n) is 4.18. The Morgan fingerprint density at radius 2 is 2.11 bits per heavy atom. The maximum Gasteiger partial charge on any atom is 0.185 e. The summed E-state index contributed by atoms with van der Waals surface area (Å²) < 4.78 is 5.31. The first kappa shape index (κ1) is 11.3. The van der Waals surface area contributed by atoms with Gasteiger partial charge in [0.2, 0.25) is 0 Å². The highest BCUT2D eigenvalue weighted by atomic mass is 16.5. The summed E-state index contributed by atoms with van der Waals surface area (Å²) in [5, 5.41) is 12.6. The SMILES string of the molecule is c1cncc(C2=NN=C(CN3CCOCC3)[N]2)c1. The van der Waals surface area contributed by atoms with Crippen molar-refractivity contribution in [1.82, 2.24) is 15.2 Å². The van der Waals surface area contributed by atoms with Crippen molar-refractivity contribution < 1.29 is 4.74 Å². The zero-order valence-electron chi connectivity index (χ0n) is 9.99. The van der Waals surface area contributed by atoms with E-state index in [0.717, 1.165) is 44.2 Å². The smallest absolute Gasteiger partial charge is 0.185 e. The first-order valence-electron chi connectivity index (χ1n) is 5.98.